The SMILES string of the molecule is CCc1c(Cl)nc(-c2ccccc2OC(F)F)nc1Cl. The van der Waals surface area contributed by atoms with Crippen LogP contribution in [0, 0.1) is 0 Å². The second-order valence-electron chi connectivity index (χ2n) is 3.84. The van der Waals surface area contributed by atoms with Gasteiger partial charge in [0.15, 0.2) is 5.82 Å². The summed E-state index contributed by atoms with van der Waals surface area (Å²) in [4.78, 5) is 8.18. The van der Waals surface area contributed by atoms with Crippen molar-refractivity contribution < 1.29 is 13.5 Å². The normalized spacial score (nSPS) is 10.9. The fourth-order valence-corrected chi connectivity index (χ4v) is 2.35. The Morgan fingerprint density at radius 3 is 2.30 bits per heavy atom. The Bertz CT molecular complexity index is 600. The second kappa shape index (κ2) is 6.33. The highest BCUT2D eigenvalue weighted by molar-refractivity contribution is 6.34. The third-order valence-electron chi connectivity index (χ3n) is 2.60. The molecular weight excluding hydrogens is 309 g/mol. The maximum Gasteiger partial charge on any atom is 0.387 e. The van der Waals surface area contributed by atoms with Crippen LogP contribution in [0.2, 0.25) is 10.3 Å². The number of para-hydroxylation sites is 1. The second-order valence-corrected chi connectivity index (χ2v) is 4.55. The van der Waals surface area contributed by atoms with E-state index >= 15 is 0 Å². The van der Waals surface area contributed by atoms with Gasteiger partial charge in [-0.1, -0.05) is 42.3 Å². The average molecular weight is 319 g/mol. The summed E-state index contributed by atoms with van der Waals surface area (Å²) in [6.45, 7) is -1.07. The number of hydrogen-bond acceptors (Lipinski definition) is 3. The summed E-state index contributed by atoms with van der Waals surface area (Å²) < 4.78 is 29.2. The van der Waals surface area contributed by atoms with Gasteiger partial charge in [0.2, 0.25) is 0 Å². The van der Waals surface area contributed by atoms with Crippen molar-refractivity contribution in [3.05, 3.63) is 40.1 Å². The van der Waals surface area contributed by atoms with Crippen LogP contribution < -0.4 is 4.74 Å². The minimum Gasteiger partial charge on any atom is -0.434 e. The van der Waals surface area contributed by atoms with E-state index in [0.717, 1.165) is 0 Å². The Balaban J connectivity index is 2.52. The summed E-state index contributed by atoms with van der Waals surface area (Å²) in [7, 11) is 0. The van der Waals surface area contributed by atoms with E-state index in [1.54, 1.807) is 18.2 Å². The lowest BCUT2D eigenvalue weighted by atomic mass is 10.2. The van der Waals surface area contributed by atoms with E-state index in [0.29, 0.717) is 17.5 Å². The zero-order valence-corrected chi connectivity index (χ0v) is 11.9. The standard InChI is InChI=1S/C13H10Cl2F2N2O/c1-2-7-10(14)18-12(19-11(7)15)8-5-3-4-6-9(8)20-13(16)17/h3-6,13H,2H2,1H3. The summed E-state index contributed by atoms with van der Waals surface area (Å²) in [5.41, 5.74) is 0.920. The van der Waals surface area contributed by atoms with Gasteiger partial charge in [-0.3, -0.25) is 0 Å². The number of alkyl halides is 2. The summed E-state index contributed by atoms with van der Waals surface area (Å²) in [5.74, 6) is 0.118. The molecule has 3 nitrogen and oxygen atoms in total. The molecule has 0 saturated carbocycles. The lowest BCUT2D eigenvalue weighted by Crippen LogP contribution is -2.04. The lowest BCUT2D eigenvalue weighted by molar-refractivity contribution is -0.0494. The number of hydrogen-bond donors (Lipinski definition) is 0. The summed E-state index contributed by atoms with van der Waals surface area (Å²) in [5, 5.41) is 0.406. The Hall–Kier alpha value is -1.46. The fourth-order valence-electron chi connectivity index (χ4n) is 1.69. The number of aromatic nitrogens is 2. The zero-order chi connectivity index (χ0) is 14.7. The van der Waals surface area contributed by atoms with Crippen molar-refractivity contribution in [2.24, 2.45) is 0 Å². The highest BCUT2D eigenvalue weighted by atomic mass is 35.5. The molecule has 106 valence electrons. The molecule has 0 N–H and O–H groups in total. The van der Waals surface area contributed by atoms with E-state index in [2.05, 4.69) is 14.7 Å². The fraction of sp³-hybridized carbons (Fsp3) is 0.231. The van der Waals surface area contributed by atoms with Crippen LogP contribution in [0.15, 0.2) is 24.3 Å². The molecule has 2 aromatic rings. The van der Waals surface area contributed by atoms with Crippen molar-refractivity contribution in [1.82, 2.24) is 9.97 Å². The molecule has 1 aromatic carbocycles. The Kier molecular flexibility index (Phi) is 4.73. The summed E-state index contributed by atoms with van der Waals surface area (Å²) in [6, 6.07) is 6.20. The zero-order valence-electron chi connectivity index (χ0n) is 10.4. The van der Waals surface area contributed by atoms with Crippen LogP contribution in [0.4, 0.5) is 8.78 Å². The number of nitrogens with zero attached hydrogens (tertiary/aromatic N) is 2. The molecule has 20 heavy (non-hydrogen) atoms. The van der Waals surface area contributed by atoms with E-state index in [-0.39, 0.29) is 21.9 Å². The molecule has 0 aliphatic carbocycles. The van der Waals surface area contributed by atoms with Crippen LogP contribution in [0.3, 0.4) is 0 Å². The van der Waals surface area contributed by atoms with Crippen molar-refractivity contribution in [3.8, 4) is 17.1 Å². The molecule has 1 aromatic heterocycles. The van der Waals surface area contributed by atoms with Gasteiger partial charge >= 0.3 is 6.61 Å². The molecule has 0 fully saturated rings. The van der Waals surface area contributed by atoms with Gasteiger partial charge in [0.1, 0.15) is 16.1 Å². The molecule has 0 aliphatic heterocycles. The average Bonchev–Trinajstić information content (AvgIpc) is 2.38. The quantitative estimate of drug-likeness (QED) is 0.772. The molecule has 7 heteroatoms. The molecule has 0 saturated heterocycles. The van der Waals surface area contributed by atoms with Crippen LogP contribution in [0.5, 0.6) is 5.75 Å². The van der Waals surface area contributed by atoms with E-state index < -0.39 is 6.61 Å². The van der Waals surface area contributed by atoms with Gasteiger partial charge in [0, 0.05) is 5.56 Å². The maximum atomic E-state index is 12.4. The van der Waals surface area contributed by atoms with Gasteiger partial charge in [-0.25, -0.2) is 9.97 Å². The first-order chi connectivity index (χ1) is 9.52. The molecule has 0 aliphatic rings. The highest BCUT2D eigenvalue weighted by Gasteiger charge is 2.16. The van der Waals surface area contributed by atoms with Crippen LogP contribution in [0.25, 0.3) is 11.4 Å². The van der Waals surface area contributed by atoms with Crippen LogP contribution in [0.1, 0.15) is 12.5 Å². The number of halogens is 4. The van der Waals surface area contributed by atoms with E-state index in [9.17, 15) is 8.78 Å². The highest BCUT2D eigenvalue weighted by Crippen LogP contribution is 2.32. The molecule has 0 amide bonds. The predicted molar refractivity (Wildman–Crippen MR) is 73.5 cm³/mol. The van der Waals surface area contributed by atoms with Crippen LogP contribution in [-0.2, 0) is 6.42 Å². The first kappa shape index (κ1) is 14.9. The first-order valence-electron chi connectivity index (χ1n) is 5.79. The number of benzene rings is 1. The molecule has 0 spiro atoms. The smallest absolute Gasteiger partial charge is 0.387 e. The van der Waals surface area contributed by atoms with Gasteiger partial charge in [-0.05, 0) is 18.6 Å². The minimum atomic E-state index is -2.93. The van der Waals surface area contributed by atoms with Crippen molar-refractivity contribution in [3.63, 3.8) is 0 Å². The minimum absolute atomic E-state index is 0.0288. The van der Waals surface area contributed by atoms with Crippen molar-refractivity contribution in [2.75, 3.05) is 0 Å². The van der Waals surface area contributed by atoms with E-state index in [4.69, 9.17) is 23.2 Å². The van der Waals surface area contributed by atoms with Gasteiger partial charge in [0.05, 0.1) is 5.56 Å². The predicted octanol–water partition coefficient (Wildman–Crippen LogP) is 4.61. The summed E-state index contributed by atoms with van der Waals surface area (Å²) in [6.07, 6.45) is 0.577. The van der Waals surface area contributed by atoms with Crippen molar-refractivity contribution in [1.29, 1.82) is 0 Å². The molecule has 1 heterocycles. The Labute approximate surface area is 124 Å². The molecule has 0 unspecified atom stereocenters. The lowest BCUT2D eigenvalue weighted by Gasteiger charge is -2.11. The molecule has 0 bridgehead atoms. The number of rotatable bonds is 4. The topological polar surface area (TPSA) is 35.0 Å². The third-order valence-corrected chi connectivity index (χ3v) is 3.23. The maximum absolute atomic E-state index is 12.4. The van der Waals surface area contributed by atoms with Crippen molar-refractivity contribution >= 4 is 23.2 Å². The molecule has 0 atom stereocenters. The molecule has 0 radical (unpaired) electrons. The largest absolute Gasteiger partial charge is 0.434 e. The van der Waals surface area contributed by atoms with Crippen LogP contribution in [-0.4, -0.2) is 16.6 Å². The van der Waals surface area contributed by atoms with E-state index in [1.165, 1.54) is 6.07 Å². The first-order valence-corrected chi connectivity index (χ1v) is 6.54. The van der Waals surface area contributed by atoms with Gasteiger partial charge in [0.25, 0.3) is 0 Å². The summed E-state index contributed by atoms with van der Waals surface area (Å²) >= 11 is 12.0. The van der Waals surface area contributed by atoms with Gasteiger partial charge in [-0.15, -0.1) is 0 Å². The molecule has 2 rings (SSSR count). The monoisotopic (exact) mass is 318 g/mol. The van der Waals surface area contributed by atoms with Gasteiger partial charge in [-0.2, -0.15) is 8.78 Å². The third kappa shape index (κ3) is 3.16. The van der Waals surface area contributed by atoms with Gasteiger partial charge < -0.3 is 4.74 Å². The molecular formula is C13H10Cl2F2N2O. The van der Waals surface area contributed by atoms with Crippen molar-refractivity contribution in [2.45, 2.75) is 20.0 Å². The van der Waals surface area contributed by atoms with Crippen LogP contribution >= 0.6 is 23.2 Å². The Morgan fingerprint density at radius 1 is 1.15 bits per heavy atom. The van der Waals surface area contributed by atoms with E-state index in [1.807, 2.05) is 6.92 Å². The Morgan fingerprint density at radius 2 is 1.75 bits per heavy atom. The number of ether oxygens (including phenoxy) is 1.